The third kappa shape index (κ3) is 6.08. The Morgan fingerprint density at radius 1 is 1.14 bits per heavy atom. The summed E-state index contributed by atoms with van der Waals surface area (Å²) in [5.41, 5.74) is 3.85. The minimum Gasteiger partial charge on any atom is -0.389 e. The van der Waals surface area contributed by atoms with E-state index in [-0.39, 0.29) is 12.1 Å². The summed E-state index contributed by atoms with van der Waals surface area (Å²) >= 11 is 0. The van der Waals surface area contributed by atoms with E-state index in [2.05, 4.69) is 10.9 Å². The number of hydrogen-bond donors (Lipinski definition) is 3. The third-order valence-electron chi connectivity index (χ3n) is 3.13. The molecular formula is C15H22F2N2O2. The summed E-state index contributed by atoms with van der Waals surface area (Å²) < 4.78 is 26.0. The summed E-state index contributed by atoms with van der Waals surface area (Å²) in [5.74, 6) is -1.90. The highest BCUT2D eigenvalue weighted by atomic mass is 19.1. The third-order valence-corrected chi connectivity index (χ3v) is 3.13. The molecule has 0 atom stereocenters. The molecule has 1 amide bonds. The van der Waals surface area contributed by atoms with Gasteiger partial charge in [0.2, 0.25) is 5.91 Å². The number of rotatable bonds is 8. The molecule has 0 unspecified atom stereocenters. The van der Waals surface area contributed by atoms with Gasteiger partial charge in [-0.25, -0.2) is 8.78 Å². The van der Waals surface area contributed by atoms with Crippen LogP contribution in [0.5, 0.6) is 0 Å². The SMILES string of the molecule is CCCC(O)(CCC)CC(=O)NNc1cc(F)cc(F)c1. The summed E-state index contributed by atoms with van der Waals surface area (Å²) in [6.45, 7) is 3.87. The van der Waals surface area contributed by atoms with Crippen molar-refractivity contribution in [1.82, 2.24) is 5.43 Å². The largest absolute Gasteiger partial charge is 0.389 e. The molecule has 0 aliphatic carbocycles. The van der Waals surface area contributed by atoms with Crippen molar-refractivity contribution in [3.8, 4) is 0 Å². The van der Waals surface area contributed by atoms with Gasteiger partial charge in [0.05, 0.1) is 17.7 Å². The van der Waals surface area contributed by atoms with Crippen molar-refractivity contribution in [1.29, 1.82) is 0 Å². The van der Waals surface area contributed by atoms with Gasteiger partial charge in [0.25, 0.3) is 0 Å². The molecule has 0 radical (unpaired) electrons. The number of halogens is 2. The number of carbonyl (C=O) groups is 1. The smallest absolute Gasteiger partial charge is 0.241 e. The molecule has 0 aromatic heterocycles. The number of hydrogen-bond acceptors (Lipinski definition) is 3. The van der Waals surface area contributed by atoms with Crippen LogP contribution < -0.4 is 10.9 Å². The minimum atomic E-state index is -1.04. The lowest BCUT2D eigenvalue weighted by atomic mass is 9.89. The van der Waals surface area contributed by atoms with Crippen LogP contribution in [0.15, 0.2) is 18.2 Å². The van der Waals surface area contributed by atoms with Gasteiger partial charge in [0, 0.05) is 6.07 Å². The van der Waals surface area contributed by atoms with Crippen molar-refractivity contribution in [3.63, 3.8) is 0 Å². The Labute approximate surface area is 123 Å². The predicted octanol–water partition coefficient (Wildman–Crippen LogP) is 3.13. The van der Waals surface area contributed by atoms with Crippen LogP contribution >= 0.6 is 0 Å². The van der Waals surface area contributed by atoms with E-state index in [0.717, 1.165) is 31.0 Å². The van der Waals surface area contributed by atoms with E-state index >= 15 is 0 Å². The van der Waals surface area contributed by atoms with Crippen molar-refractivity contribution in [2.45, 2.75) is 51.6 Å². The van der Waals surface area contributed by atoms with E-state index in [9.17, 15) is 18.7 Å². The normalized spacial score (nSPS) is 11.3. The van der Waals surface area contributed by atoms with Gasteiger partial charge >= 0.3 is 0 Å². The Kier molecular flexibility index (Phi) is 6.55. The van der Waals surface area contributed by atoms with Crippen LogP contribution in [0.4, 0.5) is 14.5 Å². The second kappa shape index (κ2) is 7.93. The zero-order chi connectivity index (χ0) is 15.9. The van der Waals surface area contributed by atoms with Gasteiger partial charge in [-0.15, -0.1) is 0 Å². The first-order valence-electron chi connectivity index (χ1n) is 7.12. The second-order valence-electron chi connectivity index (χ2n) is 5.23. The van der Waals surface area contributed by atoms with Crippen LogP contribution in [0.2, 0.25) is 0 Å². The van der Waals surface area contributed by atoms with Crippen LogP contribution in [-0.4, -0.2) is 16.6 Å². The monoisotopic (exact) mass is 300 g/mol. The summed E-state index contributed by atoms with van der Waals surface area (Å²) in [4.78, 5) is 11.8. The molecule has 4 nitrogen and oxygen atoms in total. The molecular weight excluding hydrogens is 278 g/mol. The maximum atomic E-state index is 13.0. The molecule has 1 rings (SSSR count). The summed E-state index contributed by atoms with van der Waals surface area (Å²) in [6, 6.07) is 2.87. The molecule has 0 aliphatic heterocycles. The number of carbonyl (C=O) groups excluding carboxylic acids is 1. The minimum absolute atomic E-state index is 0.0561. The Morgan fingerprint density at radius 2 is 1.67 bits per heavy atom. The van der Waals surface area contributed by atoms with Crippen molar-refractivity contribution in [2.24, 2.45) is 0 Å². The van der Waals surface area contributed by atoms with E-state index in [4.69, 9.17) is 0 Å². The lowest BCUT2D eigenvalue weighted by Crippen LogP contribution is -2.39. The molecule has 21 heavy (non-hydrogen) atoms. The van der Waals surface area contributed by atoms with E-state index < -0.39 is 23.1 Å². The second-order valence-corrected chi connectivity index (χ2v) is 5.23. The van der Waals surface area contributed by atoms with Crippen molar-refractivity contribution >= 4 is 11.6 Å². The lowest BCUT2D eigenvalue weighted by Gasteiger charge is -2.26. The van der Waals surface area contributed by atoms with Crippen LogP contribution in [0.25, 0.3) is 0 Å². The molecule has 6 heteroatoms. The fourth-order valence-electron chi connectivity index (χ4n) is 2.34. The Hall–Kier alpha value is -1.69. The van der Waals surface area contributed by atoms with Crippen LogP contribution in [0, 0.1) is 11.6 Å². The molecule has 118 valence electrons. The topological polar surface area (TPSA) is 61.4 Å². The number of nitrogens with one attached hydrogen (secondary N) is 2. The molecule has 0 saturated carbocycles. The standard InChI is InChI=1S/C15H22F2N2O2/c1-3-5-15(21,6-4-2)10-14(20)19-18-13-8-11(16)7-12(17)9-13/h7-9,18,21H,3-6,10H2,1-2H3,(H,19,20). The highest BCUT2D eigenvalue weighted by Crippen LogP contribution is 2.23. The molecule has 1 aromatic rings. The van der Waals surface area contributed by atoms with E-state index in [1.807, 2.05) is 13.8 Å². The molecule has 0 spiro atoms. The maximum Gasteiger partial charge on any atom is 0.241 e. The zero-order valence-corrected chi connectivity index (χ0v) is 12.4. The van der Waals surface area contributed by atoms with Gasteiger partial charge in [0.1, 0.15) is 11.6 Å². The van der Waals surface area contributed by atoms with E-state index in [1.54, 1.807) is 0 Å². The molecule has 0 bridgehead atoms. The Balaban J connectivity index is 2.56. The van der Waals surface area contributed by atoms with Gasteiger partial charge in [-0.05, 0) is 25.0 Å². The fourth-order valence-corrected chi connectivity index (χ4v) is 2.34. The van der Waals surface area contributed by atoms with Gasteiger partial charge in [-0.3, -0.25) is 15.6 Å². The molecule has 0 fully saturated rings. The molecule has 3 N–H and O–H groups in total. The van der Waals surface area contributed by atoms with E-state index in [0.29, 0.717) is 12.8 Å². The average Bonchev–Trinajstić information content (AvgIpc) is 2.35. The first-order valence-corrected chi connectivity index (χ1v) is 7.12. The molecule has 0 saturated heterocycles. The Morgan fingerprint density at radius 3 is 2.14 bits per heavy atom. The highest BCUT2D eigenvalue weighted by molar-refractivity contribution is 5.78. The summed E-state index contributed by atoms with van der Waals surface area (Å²) in [5, 5.41) is 10.4. The van der Waals surface area contributed by atoms with Crippen molar-refractivity contribution < 1.29 is 18.7 Å². The first-order chi connectivity index (χ1) is 9.88. The maximum absolute atomic E-state index is 13.0. The number of amides is 1. The lowest BCUT2D eigenvalue weighted by molar-refractivity contribution is -0.126. The van der Waals surface area contributed by atoms with Gasteiger partial charge < -0.3 is 5.11 Å². The summed E-state index contributed by atoms with van der Waals surface area (Å²) in [6.07, 6.45) is 2.55. The summed E-state index contributed by atoms with van der Waals surface area (Å²) in [7, 11) is 0. The van der Waals surface area contributed by atoms with Gasteiger partial charge in [0.15, 0.2) is 0 Å². The molecule has 0 aliphatic rings. The van der Waals surface area contributed by atoms with Crippen LogP contribution in [0.1, 0.15) is 46.0 Å². The molecule has 0 heterocycles. The number of aliphatic hydroxyl groups is 1. The predicted molar refractivity (Wildman–Crippen MR) is 77.5 cm³/mol. The van der Waals surface area contributed by atoms with Crippen molar-refractivity contribution in [3.05, 3.63) is 29.8 Å². The molecule has 1 aromatic carbocycles. The van der Waals surface area contributed by atoms with Crippen LogP contribution in [0.3, 0.4) is 0 Å². The zero-order valence-electron chi connectivity index (χ0n) is 12.4. The van der Waals surface area contributed by atoms with Gasteiger partial charge in [-0.1, -0.05) is 26.7 Å². The first kappa shape index (κ1) is 17.4. The average molecular weight is 300 g/mol. The van der Waals surface area contributed by atoms with E-state index in [1.165, 1.54) is 0 Å². The number of anilines is 1. The van der Waals surface area contributed by atoms with Crippen molar-refractivity contribution in [2.75, 3.05) is 5.43 Å². The quantitative estimate of drug-likeness (QED) is 0.646. The highest BCUT2D eigenvalue weighted by Gasteiger charge is 2.28. The number of hydrazine groups is 1. The fraction of sp³-hybridized carbons (Fsp3) is 0.533. The van der Waals surface area contributed by atoms with Gasteiger partial charge in [-0.2, -0.15) is 0 Å². The number of benzene rings is 1. The van der Waals surface area contributed by atoms with Crippen LogP contribution in [-0.2, 0) is 4.79 Å². The Bertz CT molecular complexity index is 454.